The minimum atomic E-state index is -3.74. The molecular weight excluding hydrogens is 425 g/mol. The van der Waals surface area contributed by atoms with Crippen molar-refractivity contribution in [3.8, 4) is 5.75 Å². The first kappa shape index (κ1) is 24.0. The molecule has 0 heterocycles. The lowest BCUT2D eigenvalue weighted by Crippen LogP contribution is -2.34. The van der Waals surface area contributed by atoms with Gasteiger partial charge in [0, 0.05) is 5.39 Å². The number of amides is 1. The zero-order valence-corrected chi connectivity index (χ0v) is 19.8. The molecule has 0 aliphatic carbocycles. The van der Waals surface area contributed by atoms with Gasteiger partial charge >= 0.3 is 7.60 Å². The minimum Gasteiger partial charge on any atom is -0.483 e. The minimum absolute atomic E-state index is 0.235. The number of hydrogen-bond acceptors (Lipinski definition) is 5. The highest BCUT2D eigenvalue weighted by atomic mass is 31.2. The summed E-state index contributed by atoms with van der Waals surface area (Å²) in [5.74, 6) is -0.779. The lowest BCUT2D eigenvalue weighted by molar-refractivity contribution is -0.123. The summed E-state index contributed by atoms with van der Waals surface area (Å²) in [6, 6.07) is 22.5. The number of rotatable bonds is 10. The zero-order valence-electron chi connectivity index (χ0n) is 18.9. The molecule has 3 rings (SSSR count). The Kier molecular flexibility index (Phi) is 8.08. The van der Waals surface area contributed by atoms with Crippen LogP contribution in [0.3, 0.4) is 0 Å². The van der Waals surface area contributed by atoms with Crippen LogP contribution in [-0.2, 0) is 18.4 Å². The largest absolute Gasteiger partial charge is 0.483 e. The molecule has 0 spiro atoms. The van der Waals surface area contributed by atoms with Crippen molar-refractivity contribution in [2.24, 2.45) is 0 Å². The van der Waals surface area contributed by atoms with Crippen LogP contribution in [0.2, 0.25) is 0 Å². The molecule has 0 fully saturated rings. The van der Waals surface area contributed by atoms with Crippen molar-refractivity contribution in [1.82, 2.24) is 5.32 Å². The molecule has 0 aliphatic rings. The summed E-state index contributed by atoms with van der Waals surface area (Å²) in [6.07, 6.45) is -0.704. The predicted octanol–water partition coefficient (Wildman–Crippen LogP) is 6.08. The average Bonchev–Trinajstić information content (AvgIpc) is 2.75. The van der Waals surface area contributed by atoms with Crippen molar-refractivity contribution in [2.45, 2.75) is 45.7 Å². The van der Waals surface area contributed by atoms with Crippen LogP contribution < -0.4 is 10.1 Å². The van der Waals surface area contributed by atoms with Gasteiger partial charge in [0.2, 0.25) is 0 Å². The second-order valence-corrected chi connectivity index (χ2v) is 10.0. The van der Waals surface area contributed by atoms with E-state index in [1.54, 1.807) is 39.8 Å². The summed E-state index contributed by atoms with van der Waals surface area (Å²) in [4.78, 5) is 12.9. The molecule has 7 heteroatoms. The second kappa shape index (κ2) is 10.8. The van der Waals surface area contributed by atoms with Crippen LogP contribution in [0.4, 0.5) is 0 Å². The molecule has 1 unspecified atom stereocenters. The van der Waals surface area contributed by atoms with E-state index in [-0.39, 0.29) is 18.8 Å². The fraction of sp³-hybridized carbons (Fsp3) is 0.320. The van der Waals surface area contributed by atoms with Gasteiger partial charge in [0.25, 0.3) is 5.91 Å². The van der Waals surface area contributed by atoms with Gasteiger partial charge in [-0.25, -0.2) is 0 Å². The molecule has 1 atom stereocenters. The number of carbonyl (C=O) groups excluding carboxylic acids is 1. The molecule has 1 amide bonds. The summed E-state index contributed by atoms with van der Waals surface area (Å²) < 4.78 is 31.2. The Labute approximate surface area is 189 Å². The van der Waals surface area contributed by atoms with Gasteiger partial charge in [-0.1, -0.05) is 66.7 Å². The lowest BCUT2D eigenvalue weighted by Gasteiger charge is -2.30. The van der Waals surface area contributed by atoms with Crippen molar-refractivity contribution in [1.29, 1.82) is 0 Å². The van der Waals surface area contributed by atoms with E-state index >= 15 is 0 Å². The van der Waals surface area contributed by atoms with Crippen LogP contribution in [-0.4, -0.2) is 24.7 Å². The molecule has 1 N–H and O–H groups in total. The van der Waals surface area contributed by atoms with Crippen LogP contribution in [0, 0.1) is 0 Å². The third-order valence-electron chi connectivity index (χ3n) is 4.55. The van der Waals surface area contributed by atoms with Crippen molar-refractivity contribution < 1.29 is 23.1 Å². The maximum absolute atomic E-state index is 13.8. The van der Waals surface area contributed by atoms with E-state index in [0.29, 0.717) is 11.3 Å². The summed E-state index contributed by atoms with van der Waals surface area (Å²) >= 11 is 0. The number of hydrogen-bond donors (Lipinski definition) is 1. The quantitative estimate of drug-likeness (QED) is 0.375. The number of nitrogens with one attached hydrogen (secondary N) is 1. The van der Waals surface area contributed by atoms with Gasteiger partial charge in [-0.05, 0) is 44.7 Å². The van der Waals surface area contributed by atoms with Gasteiger partial charge in [-0.15, -0.1) is 0 Å². The number of benzene rings is 3. The van der Waals surface area contributed by atoms with E-state index in [1.807, 2.05) is 60.7 Å². The van der Waals surface area contributed by atoms with Crippen molar-refractivity contribution in [2.75, 3.05) is 6.61 Å². The second-order valence-electron chi connectivity index (χ2n) is 7.99. The van der Waals surface area contributed by atoms with Crippen molar-refractivity contribution in [3.05, 3.63) is 78.4 Å². The van der Waals surface area contributed by atoms with Crippen molar-refractivity contribution >= 4 is 24.3 Å². The molecule has 170 valence electrons. The third kappa shape index (κ3) is 6.19. The van der Waals surface area contributed by atoms with Gasteiger partial charge in [0.1, 0.15) is 5.75 Å². The molecule has 32 heavy (non-hydrogen) atoms. The van der Waals surface area contributed by atoms with E-state index < -0.39 is 19.3 Å². The first-order chi connectivity index (χ1) is 15.3. The highest BCUT2D eigenvalue weighted by Crippen LogP contribution is 2.61. The maximum atomic E-state index is 13.8. The normalized spacial score (nSPS) is 12.8. The van der Waals surface area contributed by atoms with E-state index in [9.17, 15) is 9.36 Å². The lowest BCUT2D eigenvalue weighted by atomic mass is 10.1. The third-order valence-corrected chi connectivity index (χ3v) is 7.04. The van der Waals surface area contributed by atoms with Crippen LogP contribution in [0.15, 0.2) is 72.8 Å². The van der Waals surface area contributed by atoms with Gasteiger partial charge in [-0.2, -0.15) is 0 Å². The summed E-state index contributed by atoms with van der Waals surface area (Å²) in [7, 11) is -3.74. The number of ether oxygens (including phenoxy) is 1. The van der Waals surface area contributed by atoms with Crippen LogP contribution >= 0.6 is 7.60 Å². The van der Waals surface area contributed by atoms with Crippen LogP contribution in [0.1, 0.15) is 39.0 Å². The average molecular weight is 455 g/mol. The topological polar surface area (TPSA) is 73.9 Å². The van der Waals surface area contributed by atoms with E-state index in [0.717, 1.165) is 10.8 Å². The summed E-state index contributed by atoms with van der Waals surface area (Å²) in [5, 5.41) is 4.76. The summed E-state index contributed by atoms with van der Waals surface area (Å²) in [5.41, 5.74) is 0.635. The first-order valence-electron chi connectivity index (χ1n) is 10.7. The molecule has 3 aromatic carbocycles. The highest BCUT2D eigenvalue weighted by Gasteiger charge is 2.40. The first-order valence-corrected chi connectivity index (χ1v) is 12.3. The Morgan fingerprint density at radius 1 is 0.844 bits per heavy atom. The number of fused-ring (bicyclic) bond motifs is 1. The number of carbonyl (C=O) groups is 1. The Balaban J connectivity index is 1.82. The molecule has 0 aromatic heterocycles. The maximum Gasteiger partial charge on any atom is 0.357 e. The van der Waals surface area contributed by atoms with E-state index in [1.165, 1.54) is 0 Å². The smallest absolute Gasteiger partial charge is 0.357 e. The van der Waals surface area contributed by atoms with Crippen LogP contribution in [0.25, 0.3) is 10.8 Å². The standard InChI is InChI=1S/C25H30NO5P/c1-18(2)30-32(28,31-19(3)4)25(21-12-6-5-7-13-21)26-24(27)17-29-23-16-10-14-20-11-8-9-15-22(20)23/h5-16,18-19,25H,17H2,1-4H3,(H,26,27). The van der Waals surface area contributed by atoms with Gasteiger partial charge < -0.3 is 19.1 Å². The Morgan fingerprint density at radius 2 is 1.44 bits per heavy atom. The molecule has 0 bridgehead atoms. The van der Waals surface area contributed by atoms with Crippen LogP contribution in [0.5, 0.6) is 5.75 Å². The summed E-state index contributed by atoms with van der Waals surface area (Å²) in [6.45, 7) is 6.89. The van der Waals surface area contributed by atoms with E-state index in [4.69, 9.17) is 13.8 Å². The molecule has 6 nitrogen and oxygen atoms in total. The predicted molar refractivity (Wildman–Crippen MR) is 127 cm³/mol. The molecule has 0 aliphatic heterocycles. The van der Waals surface area contributed by atoms with E-state index in [2.05, 4.69) is 5.32 Å². The highest BCUT2D eigenvalue weighted by molar-refractivity contribution is 7.54. The fourth-order valence-electron chi connectivity index (χ4n) is 3.37. The Morgan fingerprint density at radius 3 is 2.09 bits per heavy atom. The Bertz CT molecular complexity index is 1060. The van der Waals surface area contributed by atoms with Crippen molar-refractivity contribution in [3.63, 3.8) is 0 Å². The zero-order chi connectivity index (χ0) is 23.1. The molecule has 0 saturated heterocycles. The fourth-order valence-corrected chi connectivity index (χ4v) is 5.68. The molecule has 0 saturated carbocycles. The SMILES string of the molecule is CC(C)OP(=O)(OC(C)C)C(NC(=O)COc1cccc2ccccc12)c1ccccc1. The van der Waals surface area contributed by atoms with Gasteiger partial charge in [0.15, 0.2) is 12.4 Å². The monoisotopic (exact) mass is 455 g/mol. The Hall–Kier alpha value is -2.66. The molecule has 0 radical (unpaired) electrons. The van der Waals surface area contributed by atoms with Gasteiger partial charge in [0.05, 0.1) is 12.2 Å². The molecule has 3 aromatic rings. The molecular formula is C25H30NO5P. The van der Waals surface area contributed by atoms with Gasteiger partial charge in [-0.3, -0.25) is 9.36 Å².